The molecule has 0 aromatic carbocycles. The van der Waals surface area contributed by atoms with E-state index in [4.69, 9.17) is 11.1 Å². The lowest BCUT2D eigenvalue weighted by Crippen LogP contribution is -2.24. The van der Waals surface area contributed by atoms with E-state index in [0.29, 0.717) is 12.8 Å². The summed E-state index contributed by atoms with van der Waals surface area (Å²) in [6.45, 7) is 8.00. The van der Waals surface area contributed by atoms with Gasteiger partial charge in [-0.15, -0.1) is 11.8 Å². The predicted molar refractivity (Wildman–Crippen MR) is 90.1 cm³/mol. The molecular weight excluding hydrogens is 294 g/mol. The van der Waals surface area contributed by atoms with Crippen LogP contribution in [0.25, 0.3) is 0 Å². The molecular formula is C13H27N3O2S2. The SMILES string of the molecule is CC.CC.CSN1C(=O)CC(SCCCC(=N)N)C1=O. The van der Waals surface area contributed by atoms with Crippen molar-refractivity contribution in [2.24, 2.45) is 5.73 Å². The van der Waals surface area contributed by atoms with Crippen LogP contribution in [0.15, 0.2) is 0 Å². The summed E-state index contributed by atoms with van der Waals surface area (Å²) in [7, 11) is 0. The number of hydrogen-bond donors (Lipinski definition) is 2. The maximum atomic E-state index is 11.7. The zero-order chi connectivity index (χ0) is 16.1. The Bertz CT molecular complexity index is 312. The van der Waals surface area contributed by atoms with Crippen molar-refractivity contribution >= 4 is 41.4 Å². The number of amides is 2. The van der Waals surface area contributed by atoms with Gasteiger partial charge in [0.25, 0.3) is 5.91 Å². The van der Waals surface area contributed by atoms with Crippen molar-refractivity contribution in [1.82, 2.24) is 4.31 Å². The highest BCUT2D eigenvalue weighted by molar-refractivity contribution is 8.01. The molecule has 7 heteroatoms. The van der Waals surface area contributed by atoms with Crippen LogP contribution in [0.4, 0.5) is 0 Å². The van der Waals surface area contributed by atoms with Gasteiger partial charge in [0.15, 0.2) is 0 Å². The van der Waals surface area contributed by atoms with Crippen molar-refractivity contribution in [2.45, 2.75) is 52.2 Å². The molecule has 0 radical (unpaired) electrons. The predicted octanol–water partition coefficient (Wildman–Crippen LogP) is 2.89. The van der Waals surface area contributed by atoms with Crippen LogP contribution >= 0.6 is 23.7 Å². The average Bonchev–Trinajstić information content (AvgIpc) is 2.73. The van der Waals surface area contributed by atoms with Gasteiger partial charge in [0.05, 0.1) is 11.1 Å². The monoisotopic (exact) mass is 321 g/mol. The second-order valence-electron chi connectivity index (χ2n) is 3.40. The minimum Gasteiger partial charge on any atom is -0.388 e. The third-order valence-corrected chi connectivity index (χ3v) is 4.20. The minimum absolute atomic E-state index is 0.106. The average molecular weight is 322 g/mol. The number of rotatable bonds is 6. The zero-order valence-corrected chi connectivity index (χ0v) is 14.7. The lowest BCUT2D eigenvalue weighted by molar-refractivity contribution is -0.131. The Morgan fingerprint density at radius 2 is 1.90 bits per heavy atom. The van der Waals surface area contributed by atoms with E-state index < -0.39 is 0 Å². The summed E-state index contributed by atoms with van der Waals surface area (Å²) in [6, 6.07) is 0. The number of nitrogens with two attached hydrogens (primary N) is 1. The molecule has 5 nitrogen and oxygen atoms in total. The van der Waals surface area contributed by atoms with Gasteiger partial charge in [0.1, 0.15) is 0 Å². The number of nitrogens with one attached hydrogen (secondary N) is 1. The van der Waals surface area contributed by atoms with Gasteiger partial charge in [-0.05, 0) is 24.1 Å². The van der Waals surface area contributed by atoms with E-state index in [-0.39, 0.29) is 22.9 Å². The first-order valence-corrected chi connectivity index (χ1v) is 9.14. The van der Waals surface area contributed by atoms with Gasteiger partial charge in [0.2, 0.25) is 5.91 Å². The fourth-order valence-corrected chi connectivity index (χ4v) is 3.15. The van der Waals surface area contributed by atoms with E-state index in [1.807, 2.05) is 27.7 Å². The Morgan fingerprint density at radius 3 is 2.30 bits per heavy atom. The summed E-state index contributed by atoms with van der Waals surface area (Å²) >= 11 is 2.64. The van der Waals surface area contributed by atoms with Crippen LogP contribution in [-0.4, -0.2) is 39.2 Å². The van der Waals surface area contributed by atoms with Crippen LogP contribution in [0.2, 0.25) is 0 Å². The van der Waals surface area contributed by atoms with Crippen molar-refractivity contribution < 1.29 is 9.59 Å². The Morgan fingerprint density at radius 1 is 1.35 bits per heavy atom. The van der Waals surface area contributed by atoms with Crippen LogP contribution in [0.5, 0.6) is 0 Å². The van der Waals surface area contributed by atoms with Crippen LogP contribution in [0.3, 0.4) is 0 Å². The number of nitrogens with zero attached hydrogens (tertiary/aromatic N) is 1. The Labute approximate surface area is 131 Å². The normalized spacial score (nSPS) is 17.1. The summed E-state index contributed by atoms with van der Waals surface area (Å²) in [5.41, 5.74) is 5.22. The van der Waals surface area contributed by atoms with Crippen molar-refractivity contribution in [1.29, 1.82) is 5.41 Å². The highest BCUT2D eigenvalue weighted by Gasteiger charge is 2.38. The third-order valence-electron chi connectivity index (χ3n) is 2.15. The molecule has 0 aliphatic carbocycles. The zero-order valence-electron chi connectivity index (χ0n) is 13.1. The number of carbonyl (C=O) groups excluding carboxylic acids is 2. The smallest absolute Gasteiger partial charge is 0.252 e. The first kappa shape index (κ1) is 21.6. The van der Waals surface area contributed by atoms with Gasteiger partial charge in [-0.1, -0.05) is 27.7 Å². The molecule has 1 aliphatic rings. The Hall–Kier alpha value is -0.690. The molecule has 1 aliphatic heterocycles. The molecule has 2 amide bonds. The van der Waals surface area contributed by atoms with Gasteiger partial charge in [-0.25, -0.2) is 4.31 Å². The van der Waals surface area contributed by atoms with Gasteiger partial charge < -0.3 is 5.73 Å². The lowest BCUT2D eigenvalue weighted by atomic mass is 10.3. The van der Waals surface area contributed by atoms with E-state index >= 15 is 0 Å². The van der Waals surface area contributed by atoms with Crippen LogP contribution in [0.1, 0.15) is 47.0 Å². The summed E-state index contributed by atoms with van der Waals surface area (Å²) in [4.78, 5) is 23.1. The standard InChI is InChI=1S/C9H15N3O2S2.2C2H6/c1-15-12-8(13)5-6(9(12)14)16-4-2-3-7(10)11;2*1-2/h6H,2-5H2,1H3,(H3,10,11);2*1-2H3. The number of hydrogen-bond acceptors (Lipinski definition) is 5. The van der Waals surface area contributed by atoms with Gasteiger partial charge in [-0.2, -0.15) is 0 Å². The highest BCUT2D eigenvalue weighted by Crippen LogP contribution is 2.29. The quantitative estimate of drug-likeness (QED) is 0.258. The van der Waals surface area contributed by atoms with E-state index in [2.05, 4.69) is 0 Å². The fraction of sp³-hybridized carbons (Fsp3) is 0.769. The molecule has 1 rings (SSSR count). The van der Waals surface area contributed by atoms with Crippen LogP contribution in [0, 0.1) is 5.41 Å². The number of amidine groups is 1. The Kier molecular flexibility index (Phi) is 14.4. The van der Waals surface area contributed by atoms with Crippen LogP contribution in [-0.2, 0) is 9.59 Å². The van der Waals surface area contributed by atoms with Crippen molar-refractivity contribution in [3.63, 3.8) is 0 Å². The van der Waals surface area contributed by atoms with Crippen LogP contribution < -0.4 is 5.73 Å². The molecule has 1 fully saturated rings. The first-order valence-electron chi connectivity index (χ1n) is 6.91. The van der Waals surface area contributed by atoms with Crippen molar-refractivity contribution in [3.8, 4) is 0 Å². The lowest BCUT2D eigenvalue weighted by Gasteiger charge is -2.10. The summed E-state index contributed by atoms with van der Waals surface area (Å²) in [5.74, 6) is 0.706. The maximum Gasteiger partial charge on any atom is 0.252 e. The number of thioether (sulfide) groups is 1. The first-order chi connectivity index (χ1) is 9.56. The van der Waals surface area contributed by atoms with E-state index in [1.54, 1.807) is 6.26 Å². The van der Waals surface area contributed by atoms with Gasteiger partial charge >= 0.3 is 0 Å². The van der Waals surface area contributed by atoms with E-state index in [9.17, 15) is 9.59 Å². The summed E-state index contributed by atoms with van der Waals surface area (Å²) in [6.07, 6.45) is 3.34. The topological polar surface area (TPSA) is 87.2 Å². The van der Waals surface area contributed by atoms with E-state index in [0.717, 1.165) is 24.1 Å². The molecule has 20 heavy (non-hydrogen) atoms. The molecule has 0 saturated carbocycles. The fourth-order valence-electron chi connectivity index (χ4n) is 1.39. The minimum atomic E-state index is -0.244. The molecule has 0 bridgehead atoms. The van der Waals surface area contributed by atoms with E-state index in [1.165, 1.54) is 16.1 Å². The summed E-state index contributed by atoms with van der Waals surface area (Å²) in [5, 5.41) is 6.81. The molecule has 1 atom stereocenters. The maximum absolute atomic E-state index is 11.7. The van der Waals surface area contributed by atoms with Gasteiger partial charge in [0, 0.05) is 19.1 Å². The molecule has 1 saturated heterocycles. The second kappa shape index (κ2) is 13.3. The third kappa shape index (κ3) is 7.79. The Balaban J connectivity index is 0. The molecule has 0 aromatic heterocycles. The molecule has 118 valence electrons. The number of carbonyl (C=O) groups is 2. The second-order valence-corrected chi connectivity index (χ2v) is 5.44. The highest BCUT2D eigenvalue weighted by atomic mass is 32.2. The molecule has 1 heterocycles. The number of imide groups is 1. The summed E-state index contributed by atoms with van der Waals surface area (Å²) < 4.78 is 1.22. The molecule has 0 spiro atoms. The molecule has 3 N–H and O–H groups in total. The largest absolute Gasteiger partial charge is 0.388 e. The van der Waals surface area contributed by atoms with Crippen molar-refractivity contribution in [2.75, 3.05) is 12.0 Å². The molecule has 1 unspecified atom stereocenters. The molecule has 0 aromatic rings. The van der Waals surface area contributed by atoms with Gasteiger partial charge in [-0.3, -0.25) is 15.0 Å². The van der Waals surface area contributed by atoms with Crippen molar-refractivity contribution in [3.05, 3.63) is 0 Å².